The van der Waals surface area contributed by atoms with Crippen LogP contribution in [0.3, 0.4) is 0 Å². The van der Waals surface area contributed by atoms with Crippen molar-refractivity contribution in [3.05, 3.63) is 58.6 Å². The Labute approximate surface area is 181 Å². The lowest BCUT2D eigenvalue weighted by Crippen LogP contribution is -2.24. The molecular weight excluding hydrogens is 479 g/mol. The maximum Gasteiger partial charge on any atom is 0.251 e. The number of halogens is 2. The van der Waals surface area contributed by atoms with Gasteiger partial charge in [-0.3, -0.25) is 4.79 Å². The zero-order valence-corrected chi connectivity index (χ0v) is 18.4. The van der Waals surface area contributed by atoms with Gasteiger partial charge < -0.3 is 21.1 Å². The Kier molecular flexibility index (Phi) is 9.95. The van der Waals surface area contributed by atoms with Crippen molar-refractivity contribution in [2.45, 2.75) is 19.9 Å². The lowest BCUT2D eigenvalue weighted by molar-refractivity contribution is 0.0953. The molecule has 0 radical (unpaired) electrons. The highest BCUT2D eigenvalue weighted by Gasteiger charge is 2.06. The van der Waals surface area contributed by atoms with Crippen molar-refractivity contribution in [2.24, 2.45) is 10.7 Å². The molecule has 2 rings (SSSR count). The Morgan fingerprint density at radius 1 is 1.26 bits per heavy atom. The van der Waals surface area contributed by atoms with Crippen molar-refractivity contribution in [2.75, 3.05) is 19.0 Å². The molecule has 0 spiro atoms. The summed E-state index contributed by atoms with van der Waals surface area (Å²) in [6.07, 6.45) is 0.896. The van der Waals surface area contributed by atoms with E-state index in [0.717, 1.165) is 12.0 Å². The van der Waals surface area contributed by atoms with Crippen LogP contribution < -0.4 is 21.1 Å². The topological polar surface area (TPSA) is 88.7 Å². The van der Waals surface area contributed by atoms with E-state index in [-0.39, 0.29) is 35.8 Å². The summed E-state index contributed by atoms with van der Waals surface area (Å²) in [5.41, 5.74) is 8.14. The summed E-state index contributed by atoms with van der Waals surface area (Å²) in [5.74, 6) is 0.759. The Bertz CT molecular complexity index is 799. The van der Waals surface area contributed by atoms with Crippen LogP contribution in [-0.4, -0.2) is 25.5 Å². The second-order valence-corrected chi connectivity index (χ2v) is 6.04. The van der Waals surface area contributed by atoms with E-state index in [2.05, 4.69) is 15.6 Å². The molecule has 8 heteroatoms. The molecular formula is C19H24ClIN4O2. The molecule has 2 aromatic rings. The maximum absolute atomic E-state index is 12.0. The number of nitrogens with one attached hydrogen (secondary N) is 2. The van der Waals surface area contributed by atoms with Crippen LogP contribution in [0.15, 0.2) is 47.5 Å². The summed E-state index contributed by atoms with van der Waals surface area (Å²) < 4.78 is 5.11. The van der Waals surface area contributed by atoms with Crippen LogP contribution in [0.1, 0.15) is 29.3 Å². The number of amides is 1. The number of ether oxygens (including phenoxy) is 1. The average Bonchev–Trinajstić information content (AvgIpc) is 2.65. The first kappa shape index (κ1) is 23.0. The number of aliphatic imine (C=N–C) groups is 1. The molecule has 0 aliphatic carbocycles. The number of benzene rings is 2. The first-order chi connectivity index (χ1) is 12.5. The molecule has 1 amide bonds. The van der Waals surface area contributed by atoms with Crippen LogP contribution >= 0.6 is 35.6 Å². The van der Waals surface area contributed by atoms with Gasteiger partial charge >= 0.3 is 0 Å². The van der Waals surface area contributed by atoms with E-state index in [1.165, 1.54) is 0 Å². The molecule has 0 heterocycles. The van der Waals surface area contributed by atoms with Crippen LogP contribution in [0.5, 0.6) is 5.75 Å². The molecule has 2 aromatic carbocycles. The van der Waals surface area contributed by atoms with Gasteiger partial charge in [0, 0.05) is 17.8 Å². The number of hydrogen-bond acceptors (Lipinski definition) is 3. The minimum atomic E-state index is -0.0864. The van der Waals surface area contributed by atoms with Crippen molar-refractivity contribution in [1.29, 1.82) is 0 Å². The van der Waals surface area contributed by atoms with Crippen LogP contribution in [-0.2, 0) is 6.54 Å². The van der Waals surface area contributed by atoms with Gasteiger partial charge in [0.2, 0.25) is 0 Å². The van der Waals surface area contributed by atoms with Gasteiger partial charge in [-0.15, -0.1) is 24.0 Å². The predicted octanol–water partition coefficient (Wildman–Crippen LogP) is 4.03. The minimum absolute atomic E-state index is 0. The van der Waals surface area contributed by atoms with Crippen molar-refractivity contribution in [1.82, 2.24) is 5.32 Å². The molecule has 0 saturated heterocycles. The van der Waals surface area contributed by atoms with E-state index in [9.17, 15) is 4.79 Å². The Morgan fingerprint density at radius 3 is 2.70 bits per heavy atom. The van der Waals surface area contributed by atoms with E-state index in [1.807, 2.05) is 25.1 Å². The largest absolute Gasteiger partial charge is 0.495 e. The monoisotopic (exact) mass is 502 g/mol. The first-order valence-corrected chi connectivity index (χ1v) is 8.69. The number of hydrogen-bond donors (Lipinski definition) is 3. The van der Waals surface area contributed by atoms with E-state index in [0.29, 0.717) is 35.1 Å². The second-order valence-electron chi connectivity index (χ2n) is 5.63. The highest BCUT2D eigenvalue weighted by Crippen LogP contribution is 2.27. The second kappa shape index (κ2) is 11.7. The number of nitrogens with two attached hydrogens (primary N) is 1. The average molecular weight is 503 g/mol. The van der Waals surface area contributed by atoms with Gasteiger partial charge in [-0.2, -0.15) is 0 Å². The smallest absolute Gasteiger partial charge is 0.251 e. The summed E-state index contributed by atoms with van der Waals surface area (Å²) in [7, 11) is 1.56. The van der Waals surface area contributed by atoms with E-state index in [1.54, 1.807) is 31.4 Å². The molecule has 6 nitrogen and oxygen atoms in total. The van der Waals surface area contributed by atoms with Crippen molar-refractivity contribution >= 4 is 53.1 Å². The molecule has 0 aliphatic rings. The third-order valence-electron chi connectivity index (χ3n) is 3.58. The molecule has 0 saturated carbocycles. The maximum atomic E-state index is 12.0. The minimum Gasteiger partial charge on any atom is -0.495 e. The van der Waals surface area contributed by atoms with E-state index >= 15 is 0 Å². The van der Waals surface area contributed by atoms with Crippen molar-refractivity contribution in [3.63, 3.8) is 0 Å². The Hall–Kier alpha value is -2.00. The Morgan fingerprint density at radius 2 is 2.04 bits per heavy atom. The highest BCUT2D eigenvalue weighted by atomic mass is 127. The number of rotatable bonds is 7. The number of methoxy groups -OCH3 is 1. The molecule has 4 N–H and O–H groups in total. The molecule has 0 atom stereocenters. The van der Waals surface area contributed by atoms with Crippen LogP contribution in [0.2, 0.25) is 5.02 Å². The quantitative estimate of drug-likeness (QED) is 0.303. The molecule has 0 aromatic heterocycles. The fourth-order valence-electron chi connectivity index (χ4n) is 2.26. The fraction of sp³-hybridized carbons (Fsp3) is 0.263. The molecule has 146 valence electrons. The number of nitrogens with zero attached hydrogens (tertiary/aromatic N) is 1. The van der Waals surface area contributed by atoms with Crippen molar-refractivity contribution < 1.29 is 9.53 Å². The van der Waals surface area contributed by atoms with Crippen molar-refractivity contribution in [3.8, 4) is 5.75 Å². The number of carbonyl (C=O) groups is 1. The van der Waals surface area contributed by atoms with Crippen LogP contribution in [0, 0.1) is 0 Å². The lowest BCUT2D eigenvalue weighted by Gasteiger charge is -2.09. The first-order valence-electron chi connectivity index (χ1n) is 8.31. The van der Waals surface area contributed by atoms with Gasteiger partial charge in [-0.05, 0) is 42.3 Å². The SMILES string of the molecule is CCCNC(=O)c1cccc(CN=C(N)Nc2ccc(OC)c(Cl)c2)c1.I. The fourth-order valence-corrected chi connectivity index (χ4v) is 2.52. The zero-order valence-electron chi connectivity index (χ0n) is 15.3. The molecule has 0 aliphatic heterocycles. The Balaban J connectivity index is 0.00000364. The third-order valence-corrected chi connectivity index (χ3v) is 3.88. The van der Waals surface area contributed by atoms with E-state index in [4.69, 9.17) is 22.1 Å². The summed E-state index contributed by atoms with van der Waals surface area (Å²) in [6.45, 7) is 3.03. The molecule has 0 unspecified atom stereocenters. The third kappa shape index (κ3) is 7.26. The number of guanidine groups is 1. The summed E-state index contributed by atoms with van der Waals surface area (Å²) in [4.78, 5) is 16.3. The number of anilines is 1. The van der Waals surface area contributed by atoms with Crippen LogP contribution in [0.25, 0.3) is 0 Å². The van der Waals surface area contributed by atoms with E-state index < -0.39 is 0 Å². The summed E-state index contributed by atoms with van der Waals surface area (Å²) in [5, 5.41) is 6.31. The highest BCUT2D eigenvalue weighted by molar-refractivity contribution is 14.0. The van der Waals surface area contributed by atoms with Gasteiger partial charge in [0.15, 0.2) is 5.96 Å². The normalized spacial score (nSPS) is 10.7. The molecule has 0 fully saturated rings. The summed E-state index contributed by atoms with van der Waals surface area (Å²) >= 11 is 6.09. The summed E-state index contributed by atoms with van der Waals surface area (Å²) in [6, 6.07) is 12.6. The predicted molar refractivity (Wildman–Crippen MR) is 121 cm³/mol. The standard InChI is InChI=1S/C19H23ClN4O2.HI/c1-3-9-22-18(25)14-6-4-5-13(10-14)12-23-19(21)24-15-7-8-17(26-2)16(20)11-15;/h4-8,10-11H,3,9,12H2,1-2H3,(H,22,25)(H3,21,23,24);1H. The van der Waals surface area contributed by atoms with Crippen LogP contribution in [0.4, 0.5) is 5.69 Å². The van der Waals surface area contributed by atoms with Gasteiger partial charge in [-0.25, -0.2) is 4.99 Å². The van der Waals surface area contributed by atoms with Gasteiger partial charge in [0.05, 0.1) is 18.7 Å². The number of carbonyl (C=O) groups excluding carboxylic acids is 1. The van der Waals surface area contributed by atoms with Gasteiger partial charge in [-0.1, -0.05) is 30.7 Å². The molecule has 0 bridgehead atoms. The zero-order chi connectivity index (χ0) is 18.9. The molecule has 27 heavy (non-hydrogen) atoms. The van der Waals surface area contributed by atoms with Gasteiger partial charge in [0.25, 0.3) is 5.91 Å². The lowest BCUT2D eigenvalue weighted by atomic mass is 10.1. The van der Waals surface area contributed by atoms with Gasteiger partial charge in [0.1, 0.15) is 5.75 Å².